The topological polar surface area (TPSA) is 144 Å². The van der Waals surface area contributed by atoms with Gasteiger partial charge in [-0.05, 0) is 92.3 Å². The predicted octanol–water partition coefficient (Wildman–Crippen LogP) is 8.96. The average molecular weight is 933 g/mol. The highest BCUT2D eigenvalue weighted by atomic mass is 32.1. The fourth-order valence-corrected chi connectivity index (χ4v) is 10.2. The van der Waals surface area contributed by atoms with Crippen LogP contribution in [0.15, 0.2) is 77.3 Å². The van der Waals surface area contributed by atoms with Crippen molar-refractivity contribution in [1.82, 2.24) is 34.9 Å². The number of nitrogens with one attached hydrogen (secondary N) is 2. The summed E-state index contributed by atoms with van der Waals surface area (Å²) in [5.74, 6) is -0.385. The molecule has 1 saturated heterocycles. The maximum atomic E-state index is 15.0. The largest absolute Gasteiger partial charge is 0.497 e. The molecule has 0 spiro atoms. The Kier molecular flexibility index (Phi) is 13.4. The Morgan fingerprint density at radius 3 is 2.42 bits per heavy atom. The van der Waals surface area contributed by atoms with Crippen molar-refractivity contribution in [3.8, 4) is 27.3 Å². The number of halogens is 2. The van der Waals surface area contributed by atoms with Gasteiger partial charge < -0.3 is 29.7 Å². The first-order chi connectivity index (χ1) is 31.9. The van der Waals surface area contributed by atoms with E-state index in [-0.39, 0.29) is 47.9 Å². The Morgan fingerprint density at radius 1 is 0.970 bits per heavy atom. The first-order valence-electron chi connectivity index (χ1n) is 22.8. The molecular formula is C51H58F2N8O5S. The Labute approximate surface area is 393 Å². The summed E-state index contributed by atoms with van der Waals surface area (Å²) in [7, 11) is 3.27. The number of amides is 3. The second kappa shape index (κ2) is 19.1. The second-order valence-corrected chi connectivity index (χ2v) is 19.7. The van der Waals surface area contributed by atoms with Crippen molar-refractivity contribution in [3.05, 3.63) is 111 Å². The first-order valence-corrected chi connectivity index (χ1v) is 23.7. The summed E-state index contributed by atoms with van der Waals surface area (Å²) in [6.45, 7) is 12.4. The van der Waals surface area contributed by atoms with E-state index in [9.17, 15) is 19.2 Å². The number of hydrogen-bond acceptors (Lipinski definition) is 9. The monoisotopic (exact) mass is 932 g/mol. The third-order valence-electron chi connectivity index (χ3n) is 13.2. The Bertz CT molecular complexity index is 2900. The summed E-state index contributed by atoms with van der Waals surface area (Å²) >= 11 is 1.58. The smallest absolute Gasteiger partial charge is 0.264 e. The number of hydrogen-bond donors (Lipinski definition) is 2. The zero-order valence-electron chi connectivity index (χ0n) is 39.3. The number of alkyl halides is 2. The van der Waals surface area contributed by atoms with E-state index in [0.717, 1.165) is 44.8 Å². The minimum absolute atomic E-state index is 0.0236. The molecule has 0 bridgehead atoms. The highest BCUT2D eigenvalue weighted by Crippen LogP contribution is 2.44. The van der Waals surface area contributed by atoms with Crippen molar-refractivity contribution in [2.24, 2.45) is 12.5 Å². The van der Waals surface area contributed by atoms with Crippen molar-refractivity contribution < 1.29 is 27.9 Å². The molecule has 3 atom stereocenters. The lowest BCUT2D eigenvalue weighted by Crippen LogP contribution is -2.57. The zero-order chi connectivity index (χ0) is 47.9. The molecule has 2 N–H and O–H groups in total. The van der Waals surface area contributed by atoms with Crippen LogP contribution in [0.5, 0.6) is 5.75 Å². The number of nitrogens with zero attached hydrogens (tertiary/aromatic N) is 6. The molecule has 3 aromatic carbocycles. The molecule has 1 fully saturated rings. The molecule has 16 heteroatoms. The van der Waals surface area contributed by atoms with E-state index >= 15 is 8.78 Å². The van der Waals surface area contributed by atoms with E-state index in [4.69, 9.17) is 4.74 Å². The molecule has 8 rings (SSSR count). The number of thiazole rings is 1. The van der Waals surface area contributed by atoms with Gasteiger partial charge in [0.15, 0.2) is 0 Å². The van der Waals surface area contributed by atoms with Crippen LogP contribution >= 0.6 is 11.3 Å². The van der Waals surface area contributed by atoms with Gasteiger partial charge in [-0.2, -0.15) is 5.10 Å². The maximum absolute atomic E-state index is 15.0. The highest BCUT2D eigenvalue weighted by molar-refractivity contribution is 7.13. The summed E-state index contributed by atoms with van der Waals surface area (Å²) in [5, 5.41) is 11.3. The van der Waals surface area contributed by atoms with Gasteiger partial charge in [-0.15, -0.1) is 11.3 Å². The van der Waals surface area contributed by atoms with E-state index in [2.05, 4.69) is 20.7 Å². The van der Waals surface area contributed by atoms with Gasteiger partial charge in [0.2, 0.25) is 17.7 Å². The molecule has 0 radical (unpaired) electrons. The summed E-state index contributed by atoms with van der Waals surface area (Å²) in [4.78, 5) is 63.5. The number of pyridine rings is 1. The number of anilines is 2. The van der Waals surface area contributed by atoms with E-state index in [1.807, 2.05) is 93.6 Å². The van der Waals surface area contributed by atoms with Gasteiger partial charge in [0.05, 0.1) is 46.6 Å². The summed E-state index contributed by atoms with van der Waals surface area (Å²) in [6, 6.07) is 15.1. The number of carbonyl (C=O) groups excluding carboxylic acids is 3. The molecule has 67 heavy (non-hydrogen) atoms. The van der Waals surface area contributed by atoms with Gasteiger partial charge in [-0.3, -0.25) is 23.9 Å². The van der Waals surface area contributed by atoms with Crippen molar-refractivity contribution in [1.29, 1.82) is 0 Å². The number of fused-ring (bicyclic) bond motifs is 2. The van der Waals surface area contributed by atoms with Crippen molar-refractivity contribution in [2.75, 3.05) is 25.1 Å². The third-order valence-corrected chi connectivity index (χ3v) is 14.1. The van der Waals surface area contributed by atoms with E-state index in [1.165, 1.54) is 6.20 Å². The lowest BCUT2D eigenvalue weighted by Gasteiger charge is -2.35. The molecular weight excluding hydrogens is 875 g/mol. The minimum Gasteiger partial charge on any atom is -0.497 e. The molecule has 3 aromatic heterocycles. The molecule has 3 amide bonds. The maximum Gasteiger partial charge on any atom is 0.264 e. The lowest BCUT2D eigenvalue weighted by molar-refractivity contribution is -0.144. The molecule has 0 aliphatic carbocycles. The molecule has 2 aliphatic heterocycles. The standard InChI is InChI=1S/C51H58F2N8O5S/c1-29-21-39-42(58(7)49(29)64)23-36(66-8)24-43(39)60-18-9-11-34-22-37(38(47(52)53)25-41(34)60)35-26-55-59(27-35)20-17-44(62)57-46(51(4,5)6)50(65)61-19-10-12-40(61)48(63)56-30(2)32-13-15-33(16-14-32)45-31(3)54-28-67-45/h13-16,21-28,30,40,46-47H,9-12,17-20H2,1-8H3,(H,56,63)(H,57,62). The van der Waals surface area contributed by atoms with Crippen molar-refractivity contribution >= 4 is 51.3 Å². The minimum atomic E-state index is -2.79. The van der Waals surface area contributed by atoms with Crippen molar-refractivity contribution in [2.45, 2.75) is 105 Å². The van der Waals surface area contributed by atoms with Gasteiger partial charge >= 0.3 is 0 Å². The molecule has 0 saturated carbocycles. The van der Waals surface area contributed by atoms with Crippen LogP contribution in [0.2, 0.25) is 0 Å². The van der Waals surface area contributed by atoms with E-state index in [1.54, 1.807) is 58.8 Å². The Hall–Kier alpha value is -6.42. The van der Waals surface area contributed by atoms with Gasteiger partial charge in [-0.25, -0.2) is 13.8 Å². The number of benzene rings is 3. The van der Waals surface area contributed by atoms with Crippen LogP contribution in [0.4, 0.5) is 20.2 Å². The number of likely N-dealkylation sites (tertiary alicyclic amines) is 1. The summed E-state index contributed by atoms with van der Waals surface area (Å²) in [6.07, 6.45) is 2.99. The number of methoxy groups -OCH3 is 1. The zero-order valence-corrected chi connectivity index (χ0v) is 40.1. The van der Waals surface area contributed by atoms with Gasteiger partial charge in [0, 0.05) is 79.2 Å². The van der Waals surface area contributed by atoms with Crippen LogP contribution in [0, 0.1) is 19.3 Å². The molecule has 2 aliphatic rings. The van der Waals surface area contributed by atoms with Crippen LogP contribution in [0.1, 0.15) is 93.8 Å². The average Bonchev–Trinajstić information content (AvgIpc) is 4.10. The number of rotatable bonds is 13. The fourth-order valence-electron chi connectivity index (χ4n) is 9.43. The van der Waals surface area contributed by atoms with Gasteiger partial charge in [0.1, 0.15) is 17.8 Å². The Balaban J connectivity index is 0.943. The Morgan fingerprint density at radius 2 is 1.73 bits per heavy atom. The fraction of sp³-hybridized carbons (Fsp3) is 0.412. The number of carbonyl (C=O) groups is 3. The molecule has 5 heterocycles. The first kappa shape index (κ1) is 47.1. The molecule has 3 unspecified atom stereocenters. The van der Waals surface area contributed by atoms with E-state index < -0.39 is 23.9 Å². The lowest BCUT2D eigenvalue weighted by atomic mass is 9.85. The third kappa shape index (κ3) is 9.58. The van der Waals surface area contributed by atoms with Crippen LogP contribution < -0.4 is 25.8 Å². The summed E-state index contributed by atoms with van der Waals surface area (Å²) in [5.41, 5.74) is 8.28. The van der Waals surface area contributed by atoms with Crippen molar-refractivity contribution in [3.63, 3.8) is 0 Å². The SMILES string of the molecule is COc1cc(N2CCCc3cc(-c4cnn(CCC(=O)NC(C(=O)N5CCCC5C(=O)NC(C)c5ccc(-c6scnc6C)cc5)C(C)(C)C)c4)c(C(F)F)cc32)c2cc(C)c(=O)n(C)c2c1. The second-order valence-electron chi connectivity index (χ2n) is 18.8. The molecule has 13 nitrogen and oxygen atoms in total. The highest BCUT2D eigenvalue weighted by Gasteiger charge is 2.42. The molecule has 352 valence electrons. The number of aromatic nitrogens is 4. The number of aryl methyl sites for hydroxylation is 5. The molecule has 6 aromatic rings. The van der Waals surface area contributed by atoms with Crippen LogP contribution in [0.3, 0.4) is 0 Å². The number of ether oxygens (including phenoxy) is 1. The quantitative estimate of drug-likeness (QED) is 0.117. The van der Waals surface area contributed by atoms with Gasteiger partial charge in [-0.1, -0.05) is 45.0 Å². The van der Waals surface area contributed by atoms with Crippen LogP contribution in [0.25, 0.3) is 32.5 Å². The normalized spacial score (nSPS) is 16.0. The van der Waals surface area contributed by atoms with Gasteiger partial charge in [0.25, 0.3) is 12.0 Å². The summed E-state index contributed by atoms with van der Waals surface area (Å²) < 4.78 is 38.8. The van der Waals surface area contributed by atoms with E-state index in [0.29, 0.717) is 66.0 Å². The predicted molar refractivity (Wildman–Crippen MR) is 258 cm³/mol. The van der Waals surface area contributed by atoms with Crippen LogP contribution in [-0.2, 0) is 34.4 Å². The van der Waals surface area contributed by atoms with Crippen LogP contribution in [-0.4, -0.2) is 74.2 Å².